The van der Waals surface area contributed by atoms with E-state index in [1.54, 1.807) is 6.20 Å². The van der Waals surface area contributed by atoms with Gasteiger partial charge in [-0.25, -0.2) is 9.97 Å². The molecule has 0 spiro atoms. The number of rotatable bonds is 3. The second kappa shape index (κ2) is 6.90. The van der Waals surface area contributed by atoms with Gasteiger partial charge in [-0.3, -0.25) is 4.79 Å². The highest BCUT2D eigenvalue weighted by Crippen LogP contribution is 2.28. The number of amides is 1. The molecular formula is C21H24N4O. The summed E-state index contributed by atoms with van der Waals surface area (Å²) in [5.74, 6) is 0.985. The van der Waals surface area contributed by atoms with Gasteiger partial charge in [-0.05, 0) is 57.4 Å². The molecule has 3 heterocycles. The normalized spacial score (nSPS) is 15.0. The van der Waals surface area contributed by atoms with Crippen molar-refractivity contribution in [2.75, 3.05) is 13.1 Å². The Balaban J connectivity index is 1.76. The first kappa shape index (κ1) is 16.8. The maximum absolute atomic E-state index is 12.9. The largest absolute Gasteiger partial charge is 0.339 e. The van der Waals surface area contributed by atoms with E-state index in [1.807, 2.05) is 41.3 Å². The van der Waals surface area contributed by atoms with Crippen molar-refractivity contribution in [1.82, 2.24) is 19.4 Å². The molecular weight excluding hydrogens is 324 g/mol. The first-order chi connectivity index (χ1) is 12.6. The van der Waals surface area contributed by atoms with Gasteiger partial charge >= 0.3 is 0 Å². The average Bonchev–Trinajstić information content (AvgIpc) is 3.08. The monoisotopic (exact) mass is 348 g/mol. The molecule has 26 heavy (non-hydrogen) atoms. The molecule has 0 saturated carbocycles. The molecule has 4 rings (SSSR count). The van der Waals surface area contributed by atoms with E-state index >= 15 is 0 Å². The lowest BCUT2D eigenvalue weighted by Gasteiger charge is -2.26. The van der Waals surface area contributed by atoms with Crippen molar-refractivity contribution in [3.05, 3.63) is 48.2 Å². The third-order valence-electron chi connectivity index (χ3n) is 4.98. The Bertz CT molecular complexity index is 938. The van der Waals surface area contributed by atoms with Crippen molar-refractivity contribution in [1.29, 1.82) is 0 Å². The quantitative estimate of drug-likeness (QED) is 0.709. The van der Waals surface area contributed by atoms with Crippen LogP contribution in [0.3, 0.4) is 0 Å². The van der Waals surface area contributed by atoms with Crippen LogP contribution in [0.4, 0.5) is 0 Å². The summed E-state index contributed by atoms with van der Waals surface area (Å²) < 4.78 is 2.14. The van der Waals surface area contributed by atoms with Gasteiger partial charge in [0.1, 0.15) is 11.3 Å². The van der Waals surface area contributed by atoms with Crippen LogP contribution in [0.15, 0.2) is 42.6 Å². The van der Waals surface area contributed by atoms with Crippen molar-refractivity contribution < 1.29 is 4.79 Å². The van der Waals surface area contributed by atoms with Crippen molar-refractivity contribution >= 4 is 17.1 Å². The van der Waals surface area contributed by atoms with Gasteiger partial charge < -0.3 is 9.47 Å². The molecule has 1 aliphatic rings. The predicted molar refractivity (Wildman–Crippen MR) is 103 cm³/mol. The zero-order valence-corrected chi connectivity index (χ0v) is 15.4. The van der Waals surface area contributed by atoms with Crippen LogP contribution < -0.4 is 0 Å². The Labute approximate surface area is 153 Å². The van der Waals surface area contributed by atoms with E-state index in [0.29, 0.717) is 0 Å². The molecule has 5 heteroatoms. The summed E-state index contributed by atoms with van der Waals surface area (Å²) in [7, 11) is 0. The van der Waals surface area contributed by atoms with Crippen LogP contribution in [-0.4, -0.2) is 38.4 Å². The van der Waals surface area contributed by atoms with Gasteiger partial charge in [0.2, 0.25) is 0 Å². The van der Waals surface area contributed by atoms with Gasteiger partial charge in [0.25, 0.3) is 5.91 Å². The average molecular weight is 348 g/mol. The number of pyridine rings is 1. The number of hydrogen-bond acceptors (Lipinski definition) is 3. The van der Waals surface area contributed by atoms with E-state index in [-0.39, 0.29) is 11.9 Å². The number of carbonyl (C=O) groups is 1. The lowest BCUT2D eigenvalue weighted by atomic mass is 10.1. The van der Waals surface area contributed by atoms with E-state index < -0.39 is 0 Å². The van der Waals surface area contributed by atoms with Crippen molar-refractivity contribution in [3.63, 3.8) is 0 Å². The van der Waals surface area contributed by atoms with Crippen LogP contribution in [-0.2, 0) is 0 Å². The zero-order chi connectivity index (χ0) is 18.1. The van der Waals surface area contributed by atoms with Crippen molar-refractivity contribution in [2.45, 2.75) is 39.2 Å². The van der Waals surface area contributed by atoms with E-state index in [0.717, 1.165) is 54.0 Å². The second-order valence-electron chi connectivity index (χ2n) is 7.18. The van der Waals surface area contributed by atoms with Gasteiger partial charge in [-0.2, -0.15) is 0 Å². The fraction of sp³-hybridized carbons (Fsp3) is 0.381. The molecule has 5 nitrogen and oxygen atoms in total. The maximum Gasteiger partial charge on any atom is 0.253 e. The summed E-state index contributed by atoms with van der Waals surface area (Å²) in [5, 5.41) is 0. The summed E-state index contributed by atoms with van der Waals surface area (Å²) in [6.45, 7) is 5.97. The summed E-state index contributed by atoms with van der Waals surface area (Å²) in [6, 6.07) is 12.0. The van der Waals surface area contributed by atoms with E-state index in [2.05, 4.69) is 23.4 Å². The van der Waals surface area contributed by atoms with Crippen molar-refractivity contribution in [3.8, 4) is 11.4 Å². The summed E-state index contributed by atoms with van der Waals surface area (Å²) in [5.41, 5.74) is 3.45. The standard InChI is InChI=1S/C21H24N4O/c1-15(2)25-19(23-18-10-7-11-22-20(18)25)16-8-6-9-17(14-16)21(26)24-12-4-3-5-13-24/h6-11,14-15H,3-5,12-13H2,1-2H3. The van der Waals surface area contributed by atoms with E-state index in [9.17, 15) is 4.79 Å². The van der Waals surface area contributed by atoms with Gasteiger partial charge in [-0.1, -0.05) is 12.1 Å². The lowest BCUT2D eigenvalue weighted by Crippen LogP contribution is -2.35. The number of piperidine rings is 1. The summed E-state index contributed by atoms with van der Waals surface area (Å²) >= 11 is 0. The molecule has 1 saturated heterocycles. The highest BCUT2D eigenvalue weighted by molar-refractivity contribution is 5.95. The van der Waals surface area contributed by atoms with E-state index in [4.69, 9.17) is 4.98 Å². The molecule has 0 atom stereocenters. The van der Waals surface area contributed by atoms with E-state index in [1.165, 1.54) is 6.42 Å². The maximum atomic E-state index is 12.9. The number of imidazole rings is 1. The molecule has 2 aromatic heterocycles. The number of likely N-dealkylation sites (tertiary alicyclic amines) is 1. The molecule has 1 amide bonds. The Hall–Kier alpha value is -2.69. The molecule has 3 aromatic rings. The first-order valence-corrected chi connectivity index (χ1v) is 9.38. The van der Waals surface area contributed by atoms with Gasteiger partial charge in [-0.15, -0.1) is 0 Å². The highest BCUT2D eigenvalue weighted by atomic mass is 16.2. The Morgan fingerprint density at radius 3 is 2.65 bits per heavy atom. The number of benzene rings is 1. The number of aromatic nitrogens is 3. The lowest BCUT2D eigenvalue weighted by molar-refractivity contribution is 0.0724. The predicted octanol–water partition coefficient (Wildman–Crippen LogP) is 4.31. The SMILES string of the molecule is CC(C)n1c(-c2cccc(C(=O)N3CCCCC3)c2)nc2cccnc21. The molecule has 1 aromatic carbocycles. The minimum absolute atomic E-state index is 0.122. The minimum atomic E-state index is 0.122. The third kappa shape index (κ3) is 2.98. The number of hydrogen-bond donors (Lipinski definition) is 0. The van der Waals surface area contributed by atoms with Gasteiger partial charge in [0.15, 0.2) is 5.65 Å². The number of carbonyl (C=O) groups excluding carboxylic acids is 1. The van der Waals surface area contributed by atoms with Gasteiger partial charge in [0.05, 0.1) is 0 Å². The fourth-order valence-corrected chi connectivity index (χ4v) is 3.69. The molecule has 0 bridgehead atoms. The van der Waals surface area contributed by atoms with Crippen molar-refractivity contribution in [2.24, 2.45) is 0 Å². The van der Waals surface area contributed by atoms with Crippen LogP contribution in [0, 0.1) is 0 Å². The van der Waals surface area contributed by atoms with Crippen LogP contribution in [0.25, 0.3) is 22.6 Å². The first-order valence-electron chi connectivity index (χ1n) is 9.38. The smallest absolute Gasteiger partial charge is 0.253 e. The molecule has 134 valence electrons. The highest BCUT2D eigenvalue weighted by Gasteiger charge is 2.20. The molecule has 0 N–H and O–H groups in total. The Morgan fingerprint density at radius 2 is 1.88 bits per heavy atom. The Morgan fingerprint density at radius 1 is 1.08 bits per heavy atom. The van der Waals surface area contributed by atoms with Crippen LogP contribution in [0.2, 0.25) is 0 Å². The fourth-order valence-electron chi connectivity index (χ4n) is 3.69. The molecule has 1 aliphatic heterocycles. The van der Waals surface area contributed by atoms with Crippen LogP contribution in [0.1, 0.15) is 49.5 Å². The van der Waals surface area contributed by atoms with Crippen LogP contribution >= 0.6 is 0 Å². The van der Waals surface area contributed by atoms with Gasteiger partial charge in [0, 0.05) is 36.5 Å². The summed E-state index contributed by atoms with van der Waals surface area (Å²) in [6.07, 6.45) is 5.21. The topological polar surface area (TPSA) is 51.0 Å². The molecule has 0 unspecified atom stereocenters. The van der Waals surface area contributed by atoms with Crippen LogP contribution in [0.5, 0.6) is 0 Å². The molecule has 1 fully saturated rings. The zero-order valence-electron chi connectivity index (χ0n) is 15.4. The minimum Gasteiger partial charge on any atom is -0.339 e. The number of nitrogens with zero attached hydrogens (tertiary/aromatic N) is 4. The molecule has 0 aliphatic carbocycles. The second-order valence-corrected chi connectivity index (χ2v) is 7.18. The number of fused-ring (bicyclic) bond motifs is 1. The third-order valence-corrected chi connectivity index (χ3v) is 4.98. The Kier molecular flexibility index (Phi) is 4.45. The summed E-state index contributed by atoms with van der Waals surface area (Å²) in [4.78, 5) is 24.1. The molecule has 0 radical (unpaired) electrons.